The summed E-state index contributed by atoms with van der Waals surface area (Å²) in [7, 11) is 0. The van der Waals surface area contributed by atoms with Gasteiger partial charge in [-0.1, -0.05) is 345 Å². The molecule has 1 saturated heterocycles. The van der Waals surface area contributed by atoms with Gasteiger partial charge in [0.1, 0.15) is 24.4 Å². The van der Waals surface area contributed by atoms with Gasteiger partial charge in [0.05, 0.1) is 25.4 Å². The highest BCUT2D eigenvalue weighted by Gasteiger charge is 2.44. The van der Waals surface area contributed by atoms with Crippen LogP contribution in [0.1, 0.15) is 367 Å². The minimum absolute atomic E-state index is 0.179. The first kappa shape index (κ1) is 80.2. The summed E-state index contributed by atoms with van der Waals surface area (Å²) in [6.45, 7) is 3.81. The molecule has 1 heterocycles. The molecular formula is C75H141NO8. The predicted octanol–water partition coefficient (Wildman–Crippen LogP) is 20.4. The molecule has 0 spiro atoms. The van der Waals surface area contributed by atoms with Crippen molar-refractivity contribution < 1.29 is 39.8 Å². The van der Waals surface area contributed by atoms with E-state index in [4.69, 9.17) is 9.47 Å². The Morgan fingerprint density at radius 2 is 0.714 bits per heavy atom. The number of carbonyl (C=O) groups is 1. The first-order valence-corrected chi connectivity index (χ1v) is 36.9. The molecule has 6 N–H and O–H groups in total. The molecule has 7 atom stereocenters. The topological polar surface area (TPSA) is 149 Å². The molecular weight excluding hydrogens is 1040 g/mol. The molecule has 9 nitrogen and oxygen atoms in total. The molecule has 84 heavy (non-hydrogen) atoms. The van der Waals surface area contributed by atoms with Gasteiger partial charge in [-0.2, -0.15) is 0 Å². The third-order valence-corrected chi connectivity index (χ3v) is 17.6. The molecule has 0 bridgehead atoms. The van der Waals surface area contributed by atoms with E-state index in [0.717, 1.165) is 44.9 Å². The Labute approximate surface area is 520 Å². The van der Waals surface area contributed by atoms with Gasteiger partial charge in [0.2, 0.25) is 5.91 Å². The van der Waals surface area contributed by atoms with Crippen LogP contribution in [0.3, 0.4) is 0 Å². The monoisotopic (exact) mass is 1180 g/mol. The normalized spacial score (nSPS) is 18.4. The van der Waals surface area contributed by atoms with Crippen molar-refractivity contribution in [2.75, 3.05) is 13.2 Å². The number of allylic oxidation sites excluding steroid dienone is 7. The SMILES string of the molecule is CCCCCCC/C=C\C/C=C\CCCCCCCCCCCCCCCCCCCCCCCCCC(=O)NC(COC1OC(CO)C(O)C(O)C1O)C(O)/C=C/CC/C=C/CCCCCCCCCCCCCCCCCCCCCC. The van der Waals surface area contributed by atoms with Gasteiger partial charge in [0.25, 0.3) is 0 Å². The molecule has 0 aromatic heterocycles. The minimum atomic E-state index is -1.57. The third kappa shape index (κ3) is 52.1. The second kappa shape index (κ2) is 64.1. The van der Waals surface area contributed by atoms with Crippen molar-refractivity contribution in [3.63, 3.8) is 0 Å². The quantitative estimate of drug-likeness (QED) is 0.0261. The summed E-state index contributed by atoms with van der Waals surface area (Å²) in [6, 6.07) is -0.823. The fourth-order valence-electron chi connectivity index (χ4n) is 11.9. The number of amides is 1. The summed E-state index contributed by atoms with van der Waals surface area (Å²) < 4.78 is 11.3. The first-order valence-electron chi connectivity index (χ1n) is 36.9. The first-order chi connectivity index (χ1) is 41.3. The van der Waals surface area contributed by atoms with Crippen molar-refractivity contribution in [1.29, 1.82) is 0 Å². The predicted molar refractivity (Wildman–Crippen MR) is 359 cm³/mol. The van der Waals surface area contributed by atoms with Crippen LogP contribution in [0.5, 0.6) is 0 Å². The lowest BCUT2D eigenvalue weighted by Gasteiger charge is -2.40. The molecule has 0 radical (unpaired) electrons. The van der Waals surface area contributed by atoms with Gasteiger partial charge < -0.3 is 40.3 Å². The maximum absolute atomic E-state index is 13.1. The second-order valence-corrected chi connectivity index (χ2v) is 25.7. The number of ether oxygens (including phenoxy) is 2. The zero-order valence-corrected chi connectivity index (χ0v) is 55.4. The van der Waals surface area contributed by atoms with Crippen LogP contribution < -0.4 is 5.32 Å². The van der Waals surface area contributed by atoms with Crippen molar-refractivity contribution in [3.05, 3.63) is 48.6 Å². The lowest BCUT2D eigenvalue weighted by atomic mass is 9.99. The molecule has 1 fully saturated rings. The molecule has 0 aliphatic carbocycles. The summed E-state index contributed by atoms with van der Waals surface area (Å²) in [5.74, 6) is -0.179. The van der Waals surface area contributed by atoms with E-state index < -0.39 is 49.5 Å². The average Bonchev–Trinajstić information content (AvgIpc) is 3.70. The van der Waals surface area contributed by atoms with Crippen LogP contribution in [0.4, 0.5) is 0 Å². The molecule has 0 aromatic carbocycles. The maximum atomic E-state index is 13.1. The zero-order chi connectivity index (χ0) is 60.7. The van der Waals surface area contributed by atoms with Crippen LogP contribution in [0.15, 0.2) is 48.6 Å². The molecule has 1 rings (SSSR count). The van der Waals surface area contributed by atoms with E-state index in [-0.39, 0.29) is 12.5 Å². The van der Waals surface area contributed by atoms with Gasteiger partial charge in [-0.15, -0.1) is 0 Å². The Morgan fingerprint density at radius 3 is 1.07 bits per heavy atom. The molecule has 0 aromatic rings. The highest BCUT2D eigenvalue weighted by Crippen LogP contribution is 2.23. The Balaban J connectivity index is 2.10. The lowest BCUT2D eigenvalue weighted by Crippen LogP contribution is -2.60. The molecule has 9 heteroatoms. The highest BCUT2D eigenvalue weighted by atomic mass is 16.7. The van der Waals surface area contributed by atoms with Gasteiger partial charge in [0.15, 0.2) is 6.29 Å². The summed E-state index contributed by atoms with van der Waals surface area (Å²) in [5.41, 5.74) is 0. The van der Waals surface area contributed by atoms with Crippen LogP contribution in [0.25, 0.3) is 0 Å². The number of rotatable bonds is 65. The molecule has 1 aliphatic heterocycles. The van der Waals surface area contributed by atoms with Crippen LogP contribution in [0, 0.1) is 0 Å². The summed E-state index contributed by atoms with van der Waals surface area (Å²) in [5, 5.41) is 54.8. The van der Waals surface area contributed by atoms with Crippen LogP contribution in [-0.4, -0.2) is 87.5 Å². The molecule has 0 saturated carbocycles. The molecule has 1 amide bonds. The van der Waals surface area contributed by atoms with Crippen molar-refractivity contribution in [2.24, 2.45) is 0 Å². The second-order valence-electron chi connectivity index (χ2n) is 25.7. The third-order valence-electron chi connectivity index (χ3n) is 17.6. The van der Waals surface area contributed by atoms with Gasteiger partial charge in [-0.25, -0.2) is 0 Å². The Hall–Kier alpha value is -1.85. The van der Waals surface area contributed by atoms with Gasteiger partial charge in [-0.3, -0.25) is 4.79 Å². The summed E-state index contributed by atoms with van der Waals surface area (Å²) >= 11 is 0. The smallest absolute Gasteiger partial charge is 0.220 e. The number of nitrogens with one attached hydrogen (secondary N) is 1. The fourth-order valence-corrected chi connectivity index (χ4v) is 11.9. The van der Waals surface area contributed by atoms with E-state index in [1.807, 2.05) is 6.08 Å². The van der Waals surface area contributed by atoms with Crippen molar-refractivity contribution in [2.45, 2.75) is 410 Å². The Bertz CT molecular complexity index is 1470. The van der Waals surface area contributed by atoms with E-state index >= 15 is 0 Å². The minimum Gasteiger partial charge on any atom is -0.394 e. The van der Waals surface area contributed by atoms with Gasteiger partial charge in [-0.05, 0) is 64.2 Å². The molecule has 494 valence electrons. The number of carbonyl (C=O) groups excluding carboxylic acids is 1. The summed E-state index contributed by atoms with van der Waals surface area (Å²) in [6.07, 6.45) is 81.0. The van der Waals surface area contributed by atoms with Crippen LogP contribution in [0.2, 0.25) is 0 Å². The highest BCUT2D eigenvalue weighted by molar-refractivity contribution is 5.76. The summed E-state index contributed by atoms with van der Waals surface area (Å²) in [4.78, 5) is 13.1. The largest absolute Gasteiger partial charge is 0.394 e. The van der Waals surface area contributed by atoms with Crippen molar-refractivity contribution in [3.8, 4) is 0 Å². The standard InChI is InChI=1S/C75H141NO8/c1-3-5-7-9-11-13-15-17-19-21-23-25-27-29-31-32-33-34-35-36-37-38-39-41-43-45-47-49-51-53-55-57-59-61-63-65-71(79)76-68(67-83-75-74(82)73(81)72(80)70(66-77)84-75)69(78)64-62-60-58-56-54-52-50-48-46-44-42-40-30-28-26-24-22-20-18-16-14-12-10-8-6-4-2/h15,17,21,23,54,56,62,64,68-70,72-75,77-78,80-82H,3-14,16,18-20,22,24-53,55,57-61,63,65-67H2,1-2H3,(H,76,79)/b17-15-,23-21-,56-54+,64-62+. The number of hydrogen-bond donors (Lipinski definition) is 6. The van der Waals surface area contributed by atoms with E-state index in [1.165, 1.54) is 302 Å². The fraction of sp³-hybridized carbons (Fsp3) is 0.880. The lowest BCUT2D eigenvalue weighted by molar-refractivity contribution is -0.302. The average molecular weight is 1180 g/mol. The molecule has 1 aliphatic rings. The van der Waals surface area contributed by atoms with Crippen LogP contribution >= 0.6 is 0 Å². The molecule has 7 unspecified atom stereocenters. The Kier molecular flexibility index (Phi) is 61.2. The maximum Gasteiger partial charge on any atom is 0.220 e. The van der Waals surface area contributed by atoms with E-state index in [2.05, 4.69) is 55.6 Å². The zero-order valence-electron chi connectivity index (χ0n) is 55.4. The number of unbranched alkanes of at least 4 members (excludes halogenated alkanes) is 49. The van der Waals surface area contributed by atoms with Gasteiger partial charge >= 0.3 is 0 Å². The van der Waals surface area contributed by atoms with E-state index in [0.29, 0.717) is 6.42 Å². The van der Waals surface area contributed by atoms with Gasteiger partial charge in [0, 0.05) is 6.42 Å². The van der Waals surface area contributed by atoms with E-state index in [1.54, 1.807) is 6.08 Å². The Morgan fingerprint density at radius 1 is 0.405 bits per heavy atom. The number of aliphatic hydroxyl groups is 5. The number of hydrogen-bond acceptors (Lipinski definition) is 8. The van der Waals surface area contributed by atoms with Crippen molar-refractivity contribution >= 4 is 5.91 Å². The van der Waals surface area contributed by atoms with Crippen LogP contribution in [-0.2, 0) is 14.3 Å². The number of aliphatic hydroxyl groups excluding tert-OH is 5. The van der Waals surface area contributed by atoms with E-state index in [9.17, 15) is 30.3 Å². The van der Waals surface area contributed by atoms with Crippen molar-refractivity contribution in [1.82, 2.24) is 5.32 Å².